The van der Waals surface area contributed by atoms with E-state index in [-0.39, 0.29) is 5.57 Å². The van der Waals surface area contributed by atoms with Gasteiger partial charge in [0.15, 0.2) is 0 Å². The molecule has 0 atom stereocenters. The van der Waals surface area contributed by atoms with E-state index in [4.69, 9.17) is 11.6 Å². The quantitative estimate of drug-likeness (QED) is 0.242. The molecule has 0 radical (unpaired) electrons. The lowest BCUT2D eigenvalue weighted by molar-refractivity contribution is -0.124. The summed E-state index contributed by atoms with van der Waals surface area (Å²) in [4.78, 5) is 26.5. The summed E-state index contributed by atoms with van der Waals surface area (Å²) in [5, 5.41) is 3.32. The molecule has 0 aliphatic rings. The van der Waals surface area contributed by atoms with E-state index < -0.39 is 11.7 Å². The minimum absolute atomic E-state index is 0.0200. The van der Waals surface area contributed by atoms with Crippen LogP contribution in [0.1, 0.15) is 10.4 Å². The van der Waals surface area contributed by atoms with Gasteiger partial charge in [-0.2, -0.15) is 0 Å². The minimum atomic E-state index is -0.419. The lowest BCUT2D eigenvalue weighted by atomic mass is 10.0. The first-order valence-electron chi connectivity index (χ1n) is 7.13. The van der Waals surface area contributed by atoms with Crippen LogP contribution in [0.4, 0.5) is 5.69 Å². The van der Waals surface area contributed by atoms with Crippen LogP contribution in [-0.4, -0.2) is 30.7 Å². The van der Waals surface area contributed by atoms with E-state index in [0.717, 1.165) is 9.26 Å². The number of carbonyl (C=O) groups is 2. The highest BCUT2D eigenvalue weighted by Crippen LogP contribution is 2.20. The zero-order valence-corrected chi connectivity index (χ0v) is 16.1. The zero-order valence-electron chi connectivity index (χ0n) is 13.2. The van der Waals surface area contributed by atoms with Crippen LogP contribution in [0.3, 0.4) is 0 Å². The van der Waals surface area contributed by atoms with Crippen LogP contribution in [0.15, 0.2) is 60.3 Å². The Balaban J connectivity index is 2.36. The molecule has 1 amide bonds. The third-order valence-electron chi connectivity index (χ3n) is 3.23. The average Bonchev–Trinajstić information content (AvgIpc) is 2.56. The maximum Gasteiger partial charge on any atom is 0.258 e. The zero-order chi connectivity index (χ0) is 17.7. The Kier molecular flexibility index (Phi) is 6.39. The first-order chi connectivity index (χ1) is 11.4. The van der Waals surface area contributed by atoms with Crippen LogP contribution in [-0.2, 0) is 4.79 Å². The van der Waals surface area contributed by atoms with Crippen molar-refractivity contribution in [2.45, 2.75) is 0 Å². The van der Waals surface area contributed by atoms with Crippen molar-refractivity contribution >= 4 is 51.6 Å². The Bertz CT molecular complexity index is 786. The second-order valence-electron chi connectivity index (χ2n) is 5.22. The third kappa shape index (κ3) is 4.58. The van der Waals surface area contributed by atoms with E-state index in [1.807, 2.05) is 24.3 Å². The lowest BCUT2D eigenvalue weighted by Crippen LogP contribution is -2.28. The number of nitrogens with one attached hydrogen (secondary N) is 1. The van der Waals surface area contributed by atoms with Gasteiger partial charge in [0.1, 0.15) is 5.57 Å². The summed E-state index contributed by atoms with van der Waals surface area (Å²) in [7, 11) is 3.20. The van der Waals surface area contributed by atoms with E-state index in [0.29, 0.717) is 10.6 Å². The van der Waals surface area contributed by atoms with Crippen LogP contribution >= 0.6 is 34.2 Å². The van der Waals surface area contributed by atoms with Gasteiger partial charge in [0, 0.05) is 35.1 Å². The van der Waals surface area contributed by atoms with Gasteiger partial charge in [0.25, 0.3) is 5.91 Å². The van der Waals surface area contributed by atoms with Crippen molar-refractivity contribution in [3.05, 3.63) is 74.5 Å². The lowest BCUT2D eigenvalue weighted by Gasteiger charge is -2.14. The Morgan fingerprint density at radius 3 is 2.29 bits per heavy atom. The maximum absolute atomic E-state index is 12.7. The van der Waals surface area contributed by atoms with E-state index in [1.165, 1.54) is 11.1 Å². The van der Waals surface area contributed by atoms with Crippen molar-refractivity contribution < 1.29 is 9.59 Å². The van der Waals surface area contributed by atoms with Crippen LogP contribution in [0, 0.1) is 3.57 Å². The van der Waals surface area contributed by atoms with E-state index >= 15 is 0 Å². The molecule has 6 heteroatoms. The Morgan fingerprint density at radius 1 is 1.08 bits per heavy atom. The summed E-state index contributed by atoms with van der Waals surface area (Å²) in [6.45, 7) is 0. The number of hydrogen-bond donors (Lipinski definition) is 1. The molecule has 0 aliphatic heterocycles. The topological polar surface area (TPSA) is 49.4 Å². The number of Topliss-reactive ketones (excluding diaryl/α,β-unsaturated/α-hetero) is 1. The number of halogens is 2. The van der Waals surface area contributed by atoms with Crippen molar-refractivity contribution in [3.8, 4) is 0 Å². The largest absolute Gasteiger partial charge is 0.361 e. The molecule has 4 nitrogen and oxygen atoms in total. The molecule has 0 heterocycles. The molecule has 0 aromatic heterocycles. The molecule has 24 heavy (non-hydrogen) atoms. The van der Waals surface area contributed by atoms with Crippen molar-refractivity contribution in [2.24, 2.45) is 0 Å². The van der Waals surface area contributed by atoms with Gasteiger partial charge in [-0.15, -0.1) is 0 Å². The average molecular weight is 455 g/mol. The number of anilines is 1. The van der Waals surface area contributed by atoms with Gasteiger partial charge in [0.2, 0.25) is 5.78 Å². The summed E-state index contributed by atoms with van der Waals surface area (Å²) in [6.07, 6.45) is 1.43. The molecule has 0 fully saturated rings. The normalized spacial score (nSPS) is 11.1. The highest BCUT2D eigenvalue weighted by Gasteiger charge is 2.23. The maximum atomic E-state index is 12.7. The van der Waals surface area contributed by atoms with Gasteiger partial charge in [-0.1, -0.05) is 23.7 Å². The summed E-state index contributed by atoms with van der Waals surface area (Å²) in [5.41, 5.74) is 1.10. The predicted molar refractivity (Wildman–Crippen MR) is 105 cm³/mol. The number of benzene rings is 2. The molecule has 2 aromatic carbocycles. The van der Waals surface area contributed by atoms with Gasteiger partial charge >= 0.3 is 0 Å². The first kappa shape index (κ1) is 18.5. The number of ketones is 1. The van der Waals surface area contributed by atoms with Gasteiger partial charge in [-0.05, 0) is 59.0 Å². The molecule has 0 spiro atoms. The minimum Gasteiger partial charge on any atom is -0.361 e. The van der Waals surface area contributed by atoms with E-state index in [1.54, 1.807) is 38.4 Å². The van der Waals surface area contributed by atoms with Crippen LogP contribution in [0.25, 0.3) is 0 Å². The second kappa shape index (κ2) is 8.30. The first-order valence-corrected chi connectivity index (χ1v) is 8.59. The monoisotopic (exact) mass is 454 g/mol. The standard InChI is InChI=1S/C18H16ClIN2O2/c1-22(2)18(24)15(11-21-13-9-7-12(20)8-10-13)17(23)14-5-3-4-6-16(14)19/h3-11,21H,1-2H3/b15-11-. The molecule has 0 aliphatic carbocycles. The van der Waals surface area contributed by atoms with E-state index in [9.17, 15) is 9.59 Å². The summed E-state index contributed by atoms with van der Waals surface area (Å²) < 4.78 is 1.10. The summed E-state index contributed by atoms with van der Waals surface area (Å²) in [5.74, 6) is -0.810. The molecule has 0 saturated heterocycles. The highest BCUT2D eigenvalue weighted by molar-refractivity contribution is 14.1. The highest BCUT2D eigenvalue weighted by atomic mass is 127. The van der Waals surface area contributed by atoms with Crippen LogP contribution in [0.2, 0.25) is 5.02 Å². The van der Waals surface area contributed by atoms with Crippen molar-refractivity contribution in [2.75, 3.05) is 19.4 Å². The molecule has 0 bridgehead atoms. The number of amides is 1. The van der Waals surface area contributed by atoms with Crippen molar-refractivity contribution in [3.63, 3.8) is 0 Å². The number of likely N-dealkylation sites (N-methyl/N-ethyl adjacent to an activating group) is 1. The van der Waals surface area contributed by atoms with E-state index in [2.05, 4.69) is 27.9 Å². The van der Waals surface area contributed by atoms with Crippen LogP contribution in [0.5, 0.6) is 0 Å². The van der Waals surface area contributed by atoms with Gasteiger partial charge < -0.3 is 10.2 Å². The fourth-order valence-electron chi connectivity index (χ4n) is 1.96. The second-order valence-corrected chi connectivity index (χ2v) is 6.87. The molecule has 2 aromatic rings. The summed E-state index contributed by atoms with van der Waals surface area (Å²) in [6, 6.07) is 14.3. The Hall–Kier alpha value is -1.86. The van der Waals surface area contributed by atoms with Gasteiger partial charge in [0.05, 0.1) is 5.02 Å². The fourth-order valence-corrected chi connectivity index (χ4v) is 2.54. The van der Waals surface area contributed by atoms with Crippen LogP contribution < -0.4 is 5.32 Å². The van der Waals surface area contributed by atoms with Crippen molar-refractivity contribution in [1.82, 2.24) is 4.90 Å². The van der Waals surface area contributed by atoms with Gasteiger partial charge in [-0.25, -0.2) is 0 Å². The Labute approximate surface area is 159 Å². The SMILES string of the molecule is CN(C)C(=O)/C(=C\Nc1ccc(I)cc1)C(=O)c1ccccc1Cl. The van der Waals surface area contributed by atoms with Crippen molar-refractivity contribution in [1.29, 1.82) is 0 Å². The molecular formula is C18H16ClIN2O2. The number of carbonyl (C=O) groups excluding carboxylic acids is 2. The van der Waals surface area contributed by atoms with Gasteiger partial charge in [-0.3, -0.25) is 9.59 Å². The number of hydrogen-bond acceptors (Lipinski definition) is 3. The smallest absolute Gasteiger partial charge is 0.258 e. The predicted octanol–water partition coefficient (Wildman–Crippen LogP) is 4.21. The molecule has 0 saturated carbocycles. The molecule has 0 unspecified atom stereocenters. The summed E-state index contributed by atoms with van der Waals surface area (Å²) >= 11 is 8.29. The number of rotatable bonds is 5. The molecule has 2 rings (SSSR count). The third-order valence-corrected chi connectivity index (χ3v) is 4.28. The fraction of sp³-hybridized carbons (Fsp3) is 0.111. The molecular weight excluding hydrogens is 439 g/mol. The number of nitrogens with zero attached hydrogens (tertiary/aromatic N) is 1. The molecule has 124 valence electrons. The molecule has 1 N–H and O–H groups in total. The Morgan fingerprint density at radius 2 is 1.71 bits per heavy atom.